The molecule has 2 atom stereocenters. The molecule has 0 saturated carbocycles. The van der Waals surface area contributed by atoms with Crippen LogP contribution in [0.2, 0.25) is 0 Å². The Hall–Kier alpha value is -2.31. The molecule has 0 radical (unpaired) electrons. The minimum absolute atomic E-state index is 0. The summed E-state index contributed by atoms with van der Waals surface area (Å²) in [6, 6.07) is 12.0. The van der Waals surface area contributed by atoms with Crippen molar-refractivity contribution in [2.24, 2.45) is 0 Å². The number of ether oxygens (including phenoxy) is 2. The lowest BCUT2D eigenvalue weighted by Gasteiger charge is -2.39. The van der Waals surface area contributed by atoms with E-state index in [1.165, 1.54) is 0 Å². The lowest BCUT2D eigenvalue weighted by atomic mass is 10.0. The summed E-state index contributed by atoms with van der Waals surface area (Å²) in [5, 5.41) is 0. The van der Waals surface area contributed by atoms with E-state index >= 15 is 0 Å². The SMILES string of the molecule is Cl.O=C1c2ncccc2CN1[C@H]1CCCN(C[C@H]2COc3ccccc3O2)C1. The highest BCUT2D eigenvalue weighted by Gasteiger charge is 2.36. The van der Waals surface area contributed by atoms with Crippen molar-refractivity contribution in [3.8, 4) is 11.5 Å². The molecule has 0 spiro atoms. The maximum Gasteiger partial charge on any atom is 0.273 e. The number of hydrogen-bond donors (Lipinski definition) is 0. The molecular formula is C21H24ClN3O3. The number of nitrogens with zero attached hydrogens (tertiary/aromatic N) is 3. The third-order valence-electron chi connectivity index (χ3n) is 5.65. The number of carbonyl (C=O) groups is 1. The fraction of sp³-hybridized carbons (Fsp3) is 0.429. The lowest BCUT2D eigenvalue weighted by Crippen LogP contribution is -2.51. The highest BCUT2D eigenvalue weighted by molar-refractivity contribution is 5.96. The van der Waals surface area contributed by atoms with Gasteiger partial charge in [-0.05, 0) is 37.6 Å². The van der Waals surface area contributed by atoms with Crippen LogP contribution in [0.3, 0.4) is 0 Å². The number of pyridine rings is 1. The minimum Gasteiger partial charge on any atom is -0.486 e. The van der Waals surface area contributed by atoms with Crippen molar-refractivity contribution in [2.75, 3.05) is 26.2 Å². The molecule has 0 bridgehead atoms. The molecule has 1 amide bonds. The number of benzene rings is 1. The van der Waals surface area contributed by atoms with Crippen LogP contribution >= 0.6 is 12.4 Å². The Morgan fingerprint density at radius 2 is 2.00 bits per heavy atom. The van der Waals surface area contributed by atoms with Crippen molar-refractivity contribution >= 4 is 18.3 Å². The molecule has 0 N–H and O–H groups in total. The normalized spacial score (nSPS) is 23.9. The van der Waals surface area contributed by atoms with Crippen LogP contribution < -0.4 is 9.47 Å². The van der Waals surface area contributed by atoms with E-state index in [1.54, 1.807) is 6.20 Å². The standard InChI is InChI=1S/C21H23N3O3.ClH/c25-21-20-15(5-3-9-22-20)11-24(21)16-6-4-10-23(12-16)13-17-14-26-18-7-1-2-8-19(18)27-17;/h1-3,5,7-9,16-17H,4,6,10-14H2;1H/t16-,17-;/m0./s1. The largest absolute Gasteiger partial charge is 0.486 e. The highest BCUT2D eigenvalue weighted by atomic mass is 35.5. The fourth-order valence-corrected chi connectivity index (χ4v) is 4.34. The zero-order valence-electron chi connectivity index (χ0n) is 15.6. The van der Waals surface area contributed by atoms with Crippen LogP contribution in [-0.4, -0.2) is 59.1 Å². The molecular weight excluding hydrogens is 378 g/mol. The molecule has 0 unspecified atom stereocenters. The number of fused-ring (bicyclic) bond motifs is 2. The summed E-state index contributed by atoms with van der Waals surface area (Å²) in [6.07, 6.45) is 3.85. The quantitative estimate of drug-likeness (QED) is 0.791. The minimum atomic E-state index is 0. The van der Waals surface area contributed by atoms with Crippen molar-refractivity contribution in [3.63, 3.8) is 0 Å². The zero-order valence-corrected chi connectivity index (χ0v) is 16.4. The summed E-state index contributed by atoms with van der Waals surface area (Å²) in [5.41, 5.74) is 1.66. The predicted molar refractivity (Wildman–Crippen MR) is 107 cm³/mol. The first-order valence-electron chi connectivity index (χ1n) is 9.63. The van der Waals surface area contributed by atoms with E-state index in [-0.39, 0.29) is 30.5 Å². The Balaban J connectivity index is 0.00000192. The van der Waals surface area contributed by atoms with Gasteiger partial charge in [-0.25, -0.2) is 0 Å². The Bertz CT molecular complexity index is 862. The number of halogens is 1. The van der Waals surface area contributed by atoms with Crippen molar-refractivity contribution in [1.82, 2.24) is 14.8 Å². The third-order valence-corrected chi connectivity index (χ3v) is 5.65. The first kappa shape index (κ1) is 19.0. The van der Waals surface area contributed by atoms with Crippen molar-refractivity contribution < 1.29 is 14.3 Å². The number of carbonyl (C=O) groups excluding carboxylic acids is 1. The van der Waals surface area contributed by atoms with Crippen LogP contribution in [0.1, 0.15) is 28.9 Å². The van der Waals surface area contributed by atoms with Gasteiger partial charge in [-0.2, -0.15) is 0 Å². The second-order valence-corrected chi connectivity index (χ2v) is 7.50. The highest BCUT2D eigenvalue weighted by Crippen LogP contribution is 2.32. The topological polar surface area (TPSA) is 54.9 Å². The Morgan fingerprint density at radius 3 is 2.86 bits per heavy atom. The maximum atomic E-state index is 12.7. The molecule has 4 heterocycles. The number of aromatic nitrogens is 1. The number of amides is 1. The van der Waals surface area contributed by atoms with Gasteiger partial charge >= 0.3 is 0 Å². The van der Waals surface area contributed by atoms with Gasteiger partial charge in [0.05, 0.1) is 0 Å². The molecule has 1 fully saturated rings. The molecule has 5 rings (SSSR count). The van der Waals surface area contributed by atoms with Gasteiger partial charge in [-0.15, -0.1) is 12.4 Å². The summed E-state index contributed by atoms with van der Waals surface area (Å²) in [4.78, 5) is 21.4. The van der Waals surface area contributed by atoms with Gasteiger partial charge in [0.2, 0.25) is 0 Å². The van der Waals surface area contributed by atoms with Crippen LogP contribution in [0, 0.1) is 0 Å². The van der Waals surface area contributed by atoms with E-state index in [0.717, 1.165) is 49.5 Å². The van der Waals surface area contributed by atoms with Crippen LogP contribution in [0.25, 0.3) is 0 Å². The van der Waals surface area contributed by atoms with E-state index in [9.17, 15) is 4.79 Å². The maximum absolute atomic E-state index is 12.7. The molecule has 1 saturated heterocycles. The average Bonchev–Trinajstić information content (AvgIpc) is 3.05. The number of piperidine rings is 1. The van der Waals surface area contributed by atoms with Gasteiger partial charge in [-0.1, -0.05) is 18.2 Å². The molecule has 1 aromatic heterocycles. The predicted octanol–water partition coefficient (Wildman–Crippen LogP) is 2.76. The molecule has 28 heavy (non-hydrogen) atoms. The zero-order chi connectivity index (χ0) is 18.2. The number of para-hydroxylation sites is 2. The second-order valence-electron chi connectivity index (χ2n) is 7.50. The Labute approximate surface area is 170 Å². The lowest BCUT2D eigenvalue weighted by molar-refractivity contribution is 0.0305. The van der Waals surface area contributed by atoms with Crippen LogP contribution in [0.5, 0.6) is 11.5 Å². The van der Waals surface area contributed by atoms with Crippen LogP contribution in [-0.2, 0) is 6.54 Å². The van der Waals surface area contributed by atoms with Gasteiger partial charge in [0.25, 0.3) is 5.91 Å². The van der Waals surface area contributed by atoms with E-state index in [0.29, 0.717) is 18.8 Å². The summed E-state index contributed by atoms with van der Waals surface area (Å²) in [6.45, 7) is 3.97. The van der Waals surface area contributed by atoms with Gasteiger partial charge in [0, 0.05) is 37.4 Å². The fourth-order valence-electron chi connectivity index (χ4n) is 4.34. The summed E-state index contributed by atoms with van der Waals surface area (Å²) >= 11 is 0. The number of rotatable bonds is 3. The van der Waals surface area contributed by atoms with Crippen molar-refractivity contribution in [3.05, 3.63) is 53.9 Å². The Morgan fingerprint density at radius 1 is 1.14 bits per heavy atom. The number of hydrogen-bond acceptors (Lipinski definition) is 5. The van der Waals surface area contributed by atoms with E-state index in [4.69, 9.17) is 9.47 Å². The monoisotopic (exact) mass is 401 g/mol. The molecule has 3 aliphatic rings. The molecule has 0 aliphatic carbocycles. The first-order valence-corrected chi connectivity index (χ1v) is 9.63. The molecule has 7 heteroatoms. The summed E-state index contributed by atoms with van der Waals surface area (Å²) in [5.74, 6) is 1.71. The summed E-state index contributed by atoms with van der Waals surface area (Å²) in [7, 11) is 0. The summed E-state index contributed by atoms with van der Waals surface area (Å²) < 4.78 is 11.9. The van der Waals surface area contributed by atoms with Crippen LogP contribution in [0.4, 0.5) is 0 Å². The van der Waals surface area contributed by atoms with E-state index in [1.807, 2.05) is 41.3 Å². The van der Waals surface area contributed by atoms with Crippen LogP contribution in [0.15, 0.2) is 42.6 Å². The van der Waals surface area contributed by atoms with Crippen molar-refractivity contribution in [1.29, 1.82) is 0 Å². The molecule has 3 aliphatic heterocycles. The smallest absolute Gasteiger partial charge is 0.273 e. The molecule has 1 aromatic carbocycles. The van der Waals surface area contributed by atoms with Gasteiger partial charge in [0.1, 0.15) is 18.4 Å². The molecule has 148 valence electrons. The van der Waals surface area contributed by atoms with Crippen molar-refractivity contribution in [2.45, 2.75) is 31.5 Å². The Kier molecular flexibility index (Phi) is 5.42. The van der Waals surface area contributed by atoms with E-state index in [2.05, 4.69) is 9.88 Å². The van der Waals surface area contributed by atoms with Gasteiger partial charge < -0.3 is 14.4 Å². The second kappa shape index (κ2) is 7.97. The first-order chi connectivity index (χ1) is 13.3. The average molecular weight is 402 g/mol. The molecule has 2 aromatic rings. The van der Waals surface area contributed by atoms with Gasteiger partial charge in [0.15, 0.2) is 11.5 Å². The third kappa shape index (κ3) is 3.54. The number of likely N-dealkylation sites (tertiary alicyclic amines) is 1. The molecule has 6 nitrogen and oxygen atoms in total. The van der Waals surface area contributed by atoms with Gasteiger partial charge in [-0.3, -0.25) is 14.7 Å². The van der Waals surface area contributed by atoms with E-state index < -0.39 is 0 Å².